The molecule has 5 heteroatoms. The van der Waals surface area contributed by atoms with Gasteiger partial charge in [0.15, 0.2) is 0 Å². The summed E-state index contributed by atoms with van der Waals surface area (Å²) in [6.45, 7) is 8.08. The number of amides is 1. The molecule has 0 aromatic heterocycles. The summed E-state index contributed by atoms with van der Waals surface area (Å²) in [7, 11) is 0. The van der Waals surface area contributed by atoms with Crippen LogP contribution < -0.4 is 5.32 Å². The molecular weight excluding hydrogens is 332 g/mol. The first-order chi connectivity index (χ1) is 9.85. The molecule has 1 atom stereocenters. The Morgan fingerprint density at radius 2 is 2.14 bits per heavy atom. The topological polar surface area (TPSA) is 41.6 Å². The number of rotatable bonds is 3. The largest absolute Gasteiger partial charge is 0.444 e. The van der Waals surface area contributed by atoms with Crippen LogP contribution in [0.3, 0.4) is 0 Å². The third-order valence-corrected chi connectivity index (χ3v) is 4.08. The maximum atomic E-state index is 12.0. The molecule has 0 saturated carbocycles. The molecular formula is C16H23BrN2O2. The van der Waals surface area contributed by atoms with Crippen LogP contribution >= 0.6 is 15.9 Å². The third kappa shape index (κ3) is 4.92. The Kier molecular flexibility index (Phi) is 5.14. The van der Waals surface area contributed by atoms with Crippen molar-refractivity contribution in [2.75, 3.05) is 25.0 Å². The Hall–Kier alpha value is -1.23. The van der Waals surface area contributed by atoms with E-state index in [0.29, 0.717) is 5.92 Å². The van der Waals surface area contributed by atoms with Gasteiger partial charge in [-0.3, -0.25) is 0 Å². The molecule has 2 rings (SSSR count). The average Bonchev–Trinajstić information content (AvgIpc) is 2.85. The van der Waals surface area contributed by atoms with Crippen LogP contribution in [0.5, 0.6) is 0 Å². The fourth-order valence-electron chi connectivity index (χ4n) is 2.35. The normalized spacial score (nSPS) is 18.7. The second-order valence-electron chi connectivity index (χ2n) is 6.44. The first-order valence-electron chi connectivity index (χ1n) is 7.31. The van der Waals surface area contributed by atoms with Crippen LogP contribution in [0.25, 0.3) is 0 Å². The first-order valence-corrected chi connectivity index (χ1v) is 8.11. The molecule has 0 spiro atoms. The summed E-state index contributed by atoms with van der Waals surface area (Å²) in [5, 5.41) is 3.44. The number of carbonyl (C=O) groups is 1. The van der Waals surface area contributed by atoms with Crippen LogP contribution in [-0.2, 0) is 4.74 Å². The quantitative estimate of drug-likeness (QED) is 0.887. The van der Waals surface area contributed by atoms with E-state index in [-0.39, 0.29) is 6.09 Å². The number of ether oxygens (including phenoxy) is 1. The molecule has 1 heterocycles. The molecule has 1 aromatic carbocycles. The minimum Gasteiger partial charge on any atom is -0.444 e. The number of likely N-dealkylation sites (tertiary alicyclic amines) is 1. The van der Waals surface area contributed by atoms with Gasteiger partial charge in [0.25, 0.3) is 0 Å². The molecule has 1 amide bonds. The highest BCUT2D eigenvalue weighted by molar-refractivity contribution is 9.10. The van der Waals surface area contributed by atoms with E-state index in [9.17, 15) is 4.79 Å². The minimum absolute atomic E-state index is 0.203. The lowest BCUT2D eigenvalue weighted by Gasteiger charge is -2.24. The molecule has 0 radical (unpaired) electrons. The van der Waals surface area contributed by atoms with Crippen LogP contribution in [0.1, 0.15) is 27.2 Å². The number of halogens is 1. The van der Waals surface area contributed by atoms with Gasteiger partial charge in [0.1, 0.15) is 5.60 Å². The lowest BCUT2D eigenvalue weighted by Crippen LogP contribution is -2.35. The Labute approximate surface area is 135 Å². The maximum absolute atomic E-state index is 12.0. The molecule has 1 saturated heterocycles. The average molecular weight is 355 g/mol. The van der Waals surface area contributed by atoms with Crippen molar-refractivity contribution in [2.24, 2.45) is 5.92 Å². The van der Waals surface area contributed by atoms with Gasteiger partial charge in [-0.25, -0.2) is 4.79 Å². The highest BCUT2D eigenvalue weighted by atomic mass is 79.9. The summed E-state index contributed by atoms with van der Waals surface area (Å²) in [5.74, 6) is 0.463. The number of anilines is 1. The van der Waals surface area contributed by atoms with Gasteiger partial charge in [-0.15, -0.1) is 0 Å². The predicted molar refractivity (Wildman–Crippen MR) is 88.5 cm³/mol. The summed E-state index contributed by atoms with van der Waals surface area (Å²) in [6.07, 6.45) is 0.808. The smallest absolute Gasteiger partial charge is 0.410 e. The van der Waals surface area contributed by atoms with Gasteiger partial charge in [-0.05, 0) is 61.2 Å². The molecule has 116 valence electrons. The number of nitrogens with one attached hydrogen (secondary N) is 1. The Bertz CT molecular complexity index is 499. The number of para-hydroxylation sites is 1. The standard InChI is InChI=1S/C16H23BrN2O2/c1-16(2,3)21-15(20)19-9-8-12(11-19)10-18-14-7-5-4-6-13(14)17/h4-7,12,18H,8-11H2,1-3H3/t12-/m1/s1. The van der Waals surface area contributed by atoms with Crippen molar-refractivity contribution < 1.29 is 9.53 Å². The number of nitrogens with zero attached hydrogens (tertiary/aromatic N) is 1. The maximum Gasteiger partial charge on any atom is 0.410 e. The van der Waals surface area contributed by atoms with E-state index in [1.165, 1.54) is 0 Å². The van der Waals surface area contributed by atoms with Crippen molar-refractivity contribution in [1.29, 1.82) is 0 Å². The van der Waals surface area contributed by atoms with Crippen molar-refractivity contribution in [3.63, 3.8) is 0 Å². The second-order valence-corrected chi connectivity index (χ2v) is 7.30. The Morgan fingerprint density at radius 3 is 2.81 bits per heavy atom. The van der Waals surface area contributed by atoms with Crippen LogP contribution in [0.15, 0.2) is 28.7 Å². The van der Waals surface area contributed by atoms with E-state index >= 15 is 0 Å². The number of hydrogen-bond donors (Lipinski definition) is 1. The monoisotopic (exact) mass is 354 g/mol. The van der Waals surface area contributed by atoms with E-state index in [1.807, 2.05) is 45.0 Å². The first kappa shape index (κ1) is 16.1. The van der Waals surface area contributed by atoms with Crippen LogP contribution in [-0.4, -0.2) is 36.2 Å². The van der Waals surface area contributed by atoms with Gasteiger partial charge >= 0.3 is 6.09 Å². The molecule has 1 fully saturated rings. The summed E-state index contributed by atoms with van der Waals surface area (Å²) in [4.78, 5) is 13.8. The highest BCUT2D eigenvalue weighted by Gasteiger charge is 2.29. The zero-order valence-electron chi connectivity index (χ0n) is 12.9. The van der Waals surface area contributed by atoms with E-state index < -0.39 is 5.60 Å². The van der Waals surface area contributed by atoms with Gasteiger partial charge < -0.3 is 15.0 Å². The van der Waals surface area contributed by atoms with Crippen molar-refractivity contribution in [1.82, 2.24) is 4.90 Å². The molecule has 1 aliphatic heterocycles. The fourth-order valence-corrected chi connectivity index (χ4v) is 2.78. The molecule has 4 nitrogen and oxygen atoms in total. The number of carbonyl (C=O) groups excluding carboxylic acids is 1. The van der Waals surface area contributed by atoms with Gasteiger partial charge in [0.2, 0.25) is 0 Å². The molecule has 1 aromatic rings. The molecule has 0 bridgehead atoms. The van der Waals surface area contributed by atoms with Crippen molar-refractivity contribution in [2.45, 2.75) is 32.8 Å². The fraction of sp³-hybridized carbons (Fsp3) is 0.562. The van der Waals surface area contributed by atoms with E-state index in [0.717, 1.165) is 36.2 Å². The SMILES string of the molecule is CC(C)(C)OC(=O)N1CC[C@H](CNc2ccccc2Br)C1. The third-order valence-electron chi connectivity index (χ3n) is 3.39. The van der Waals surface area contributed by atoms with Gasteiger partial charge in [-0.1, -0.05) is 12.1 Å². The summed E-state index contributed by atoms with van der Waals surface area (Å²) < 4.78 is 6.47. The lowest BCUT2D eigenvalue weighted by atomic mass is 10.1. The van der Waals surface area contributed by atoms with Crippen LogP contribution in [0.4, 0.5) is 10.5 Å². The lowest BCUT2D eigenvalue weighted by molar-refractivity contribution is 0.0289. The van der Waals surface area contributed by atoms with E-state index in [1.54, 1.807) is 4.90 Å². The Balaban J connectivity index is 1.80. The highest BCUT2D eigenvalue weighted by Crippen LogP contribution is 2.24. The molecule has 1 N–H and O–H groups in total. The molecule has 0 unspecified atom stereocenters. The van der Waals surface area contributed by atoms with Crippen LogP contribution in [0, 0.1) is 5.92 Å². The van der Waals surface area contributed by atoms with E-state index in [4.69, 9.17) is 4.74 Å². The minimum atomic E-state index is -0.428. The van der Waals surface area contributed by atoms with Crippen molar-refractivity contribution in [3.05, 3.63) is 28.7 Å². The van der Waals surface area contributed by atoms with Crippen LogP contribution in [0.2, 0.25) is 0 Å². The van der Waals surface area contributed by atoms with Gasteiger partial charge in [0, 0.05) is 29.8 Å². The number of hydrogen-bond acceptors (Lipinski definition) is 3. The summed E-state index contributed by atoms with van der Waals surface area (Å²) in [5.41, 5.74) is 0.663. The summed E-state index contributed by atoms with van der Waals surface area (Å²) in [6, 6.07) is 8.07. The van der Waals surface area contributed by atoms with E-state index in [2.05, 4.69) is 21.2 Å². The predicted octanol–water partition coefficient (Wildman–Crippen LogP) is 4.12. The van der Waals surface area contributed by atoms with Crippen molar-refractivity contribution in [3.8, 4) is 0 Å². The number of benzene rings is 1. The molecule has 0 aliphatic carbocycles. The zero-order chi connectivity index (χ0) is 15.5. The molecule has 1 aliphatic rings. The van der Waals surface area contributed by atoms with Crippen molar-refractivity contribution >= 4 is 27.7 Å². The Morgan fingerprint density at radius 1 is 1.43 bits per heavy atom. The van der Waals surface area contributed by atoms with Gasteiger partial charge in [-0.2, -0.15) is 0 Å². The summed E-state index contributed by atoms with van der Waals surface area (Å²) >= 11 is 3.53. The second kappa shape index (κ2) is 6.69. The molecule has 21 heavy (non-hydrogen) atoms. The van der Waals surface area contributed by atoms with Gasteiger partial charge in [0.05, 0.1) is 0 Å². The zero-order valence-corrected chi connectivity index (χ0v) is 14.4.